The predicted octanol–water partition coefficient (Wildman–Crippen LogP) is -1.16. The normalized spacial score (nSPS) is 22.4. The molecule has 8 nitrogen and oxygen atoms in total. The van der Waals surface area contributed by atoms with Crippen LogP contribution in [-0.2, 0) is 27.9 Å². The van der Waals surface area contributed by atoms with E-state index in [4.69, 9.17) is 9.47 Å². The highest BCUT2D eigenvalue weighted by Gasteiger charge is 2.35. The van der Waals surface area contributed by atoms with Crippen LogP contribution in [0.2, 0.25) is 0 Å². The van der Waals surface area contributed by atoms with E-state index in [0.29, 0.717) is 13.2 Å². The first-order chi connectivity index (χ1) is 9.56. The van der Waals surface area contributed by atoms with Crippen molar-refractivity contribution in [3.8, 4) is 0 Å². The first-order valence-electron chi connectivity index (χ1n) is 6.46. The van der Waals surface area contributed by atoms with Crippen molar-refractivity contribution >= 4 is 5.91 Å². The number of nitrogens with zero attached hydrogens (tertiary/aromatic N) is 4. The Morgan fingerprint density at radius 1 is 1.50 bits per heavy atom. The van der Waals surface area contributed by atoms with E-state index in [1.165, 1.54) is 10.9 Å². The van der Waals surface area contributed by atoms with Gasteiger partial charge in [0.15, 0.2) is 0 Å². The molecule has 0 radical (unpaired) electrons. The average Bonchev–Trinajstić information content (AvgIpc) is 2.98. The van der Waals surface area contributed by atoms with Gasteiger partial charge in [-0.2, -0.15) is 5.10 Å². The second-order valence-corrected chi connectivity index (χ2v) is 4.93. The van der Waals surface area contributed by atoms with Crippen molar-refractivity contribution in [1.29, 1.82) is 0 Å². The Morgan fingerprint density at radius 2 is 2.25 bits per heavy atom. The Labute approximate surface area is 116 Å². The third-order valence-electron chi connectivity index (χ3n) is 3.56. The Balaban J connectivity index is 2.07. The lowest BCUT2D eigenvalue weighted by Gasteiger charge is -2.23. The number of aromatic nitrogens is 3. The van der Waals surface area contributed by atoms with Gasteiger partial charge in [-0.3, -0.25) is 9.36 Å². The van der Waals surface area contributed by atoms with E-state index in [1.807, 2.05) is 0 Å². The van der Waals surface area contributed by atoms with Crippen LogP contribution in [0.25, 0.3) is 0 Å². The van der Waals surface area contributed by atoms with Crippen molar-refractivity contribution in [2.45, 2.75) is 25.1 Å². The molecule has 112 valence electrons. The molecule has 20 heavy (non-hydrogen) atoms. The number of hydrogen-bond donors (Lipinski definition) is 0. The number of hydrogen-bond acceptors (Lipinski definition) is 5. The van der Waals surface area contributed by atoms with Crippen LogP contribution in [0, 0.1) is 0 Å². The van der Waals surface area contributed by atoms with E-state index in [1.54, 1.807) is 26.2 Å². The lowest BCUT2D eigenvalue weighted by molar-refractivity contribution is -0.134. The molecule has 0 bridgehead atoms. The van der Waals surface area contributed by atoms with Gasteiger partial charge in [-0.25, -0.2) is 9.48 Å². The Hall–Kier alpha value is -1.67. The highest BCUT2D eigenvalue weighted by Crippen LogP contribution is 2.20. The largest absolute Gasteiger partial charge is 0.383 e. The van der Waals surface area contributed by atoms with Gasteiger partial charge in [-0.1, -0.05) is 0 Å². The molecule has 1 fully saturated rings. The summed E-state index contributed by atoms with van der Waals surface area (Å²) in [7, 11) is 4.83. The summed E-state index contributed by atoms with van der Waals surface area (Å²) < 4.78 is 12.9. The molecule has 0 aliphatic carbocycles. The monoisotopic (exact) mass is 284 g/mol. The van der Waals surface area contributed by atoms with E-state index in [2.05, 4.69) is 5.10 Å². The summed E-state index contributed by atoms with van der Waals surface area (Å²) in [5.74, 6) is -0.146. The first kappa shape index (κ1) is 14.7. The van der Waals surface area contributed by atoms with Crippen LogP contribution in [0.5, 0.6) is 0 Å². The number of likely N-dealkylation sites (tertiary alicyclic amines) is 1. The molecule has 1 aliphatic rings. The highest BCUT2D eigenvalue weighted by atomic mass is 16.5. The number of aryl methyl sites for hydroxylation is 1. The lowest BCUT2D eigenvalue weighted by Crippen LogP contribution is -2.42. The van der Waals surface area contributed by atoms with Gasteiger partial charge in [-0.15, -0.1) is 0 Å². The summed E-state index contributed by atoms with van der Waals surface area (Å²) in [5, 5.41) is 3.89. The maximum absolute atomic E-state index is 12.3. The number of rotatable bonds is 5. The Morgan fingerprint density at radius 3 is 2.80 bits per heavy atom. The number of amides is 1. The van der Waals surface area contributed by atoms with Gasteiger partial charge in [0.25, 0.3) is 0 Å². The summed E-state index contributed by atoms with van der Waals surface area (Å²) in [6.45, 7) is 0.921. The fourth-order valence-electron chi connectivity index (χ4n) is 2.45. The van der Waals surface area contributed by atoms with Crippen LogP contribution in [0.4, 0.5) is 0 Å². The van der Waals surface area contributed by atoms with Gasteiger partial charge in [0.2, 0.25) is 5.91 Å². The SMILES string of the molecule is COC[C@@H]1C[C@H](OC)CN1C(=O)Cn1ncn(C)c1=O. The Bertz CT molecular complexity index is 524. The third-order valence-corrected chi connectivity index (χ3v) is 3.56. The van der Waals surface area contributed by atoms with Crippen molar-refractivity contribution in [2.75, 3.05) is 27.4 Å². The van der Waals surface area contributed by atoms with Crippen LogP contribution < -0.4 is 5.69 Å². The van der Waals surface area contributed by atoms with Gasteiger partial charge >= 0.3 is 5.69 Å². The van der Waals surface area contributed by atoms with Crippen LogP contribution in [0.1, 0.15) is 6.42 Å². The molecule has 1 aromatic rings. The molecule has 2 atom stereocenters. The topological polar surface area (TPSA) is 78.6 Å². The molecular formula is C12H20N4O4. The number of carbonyl (C=O) groups is 1. The number of carbonyl (C=O) groups excluding carboxylic acids is 1. The van der Waals surface area contributed by atoms with Gasteiger partial charge in [-0.05, 0) is 6.42 Å². The van der Waals surface area contributed by atoms with Crippen LogP contribution in [-0.4, -0.2) is 64.7 Å². The van der Waals surface area contributed by atoms with Crippen LogP contribution in [0.15, 0.2) is 11.1 Å². The smallest absolute Gasteiger partial charge is 0.345 e. The van der Waals surface area contributed by atoms with E-state index in [-0.39, 0.29) is 30.3 Å². The molecule has 1 aromatic heterocycles. The molecule has 0 aromatic carbocycles. The van der Waals surface area contributed by atoms with E-state index >= 15 is 0 Å². The molecule has 8 heteroatoms. The summed E-state index contributed by atoms with van der Waals surface area (Å²) in [6, 6.07) is -0.0168. The molecule has 0 unspecified atom stereocenters. The minimum absolute atomic E-state index is 0.0135. The zero-order chi connectivity index (χ0) is 14.7. The number of ether oxygens (including phenoxy) is 2. The second-order valence-electron chi connectivity index (χ2n) is 4.93. The molecule has 0 spiro atoms. The minimum atomic E-state index is -0.302. The summed E-state index contributed by atoms with van der Waals surface area (Å²) in [5.41, 5.74) is -0.302. The van der Waals surface area contributed by atoms with Crippen LogP contribution in [0.3, 0.4) is 0 Å². The van der Waals surface area contributed by atoms with E-state index < -0.39 is 0 Å². The summed E-state index contributed by atoms with van der Waals surface area (Å²) in [6.07, 6.45) is 2.15. The fraction of sp³-hybridized carbons (Fsp3) is 0.750. The molecule has 2 heterocycles. The zero-order valence-corrected chi connectivity index (χ0v) is 12.0. The average molecular weight is 284 g/mol. The van der Waals surface area contributed by atoms with Crippen molar-refractivity contribution in [1.82, 2.24) is 19.2 Å². The predicted molar refractivity (Wildman–Crippen MR) is 70.3 cm³/mol. The van der Waals surface area contributed by atoms with Crippen LogP contribution >= 0.6 is 0 Å². The maximum Gasteiger partial charge on any atom is 0.345 e. The van der Waals surface area contributed by atoms with Crippen molar-refractivity contribution < 1.29 is 14.3 Å². The van der Waals surface area contributed by atoms with E-state index in [0.717, 1.165) is 11.1 Å². The summed E-state index contributed by atoms with van der Waals surface area (Å²) in [4.78, 5) is 25.7. The molecule has 2 rings (SSSR count). The number of methoxy groups -OCH3 is 2. The molecule has 1 aliphatic heterocycles. The van der Waals surface area contributed by atoms with Gasteiger partial charge in [0, 0.05) is 27.8 Å². The summed E-state index contributed by atoms with van der Waals surface area (Å²) >= 11 is 0. The van der Waals surface area contributed by atoms with Crippen molar-refractivity contribution in [2.24, 2.45) is 7.05 Å². The molecule has 0 saturated carbocycles. The van der Waals surface area contributed by atoms with Crippen molar-refractivity contribution in [3.63, 3.8) is 0 Å². The first-order valence-corrected chi connectivity index (χ1v) is 6.46. The molecular weight excluding hydrogens is 264 g/mol. The second kappa shape index (κ2) is 6.19. The molecule has 1 amide bonds. The maximum atomic E-state index is 12.3. The molecule has 1 saturated heterocycles. The molecule has 0 N–H and O–H groups in total. The lowest BCUT2D eigenvalue weighted by atomic mass is 10.2. The zero-order valence-electron chi connectivity index (χ0n) is 12.0. The Kier molecular flexibility index (Phi) is 4.56. The fourth-order valence-corrected chi connectivity index (χ4v) is 2.45. The minimum Gasteiger partial charge on any atom is -0.383 e. The quantitative estimate of drug-likeness (QED) is 0.682. The van der Waals surface area contributed by atoms with Gasteiger partial charge in [0.05, 0.1) is 18.8 Å². The van der Waals surface area contributed by atoms with E-state index in [9.17, 15) is 9.59 Å². The third kappa shape index (κ3) is 2.91. The highest BCUT2D eigenvalue weighted by molar-refractivity contribution is 5.76. The van der Waals surface area contributed by atoms with Gasteiger partial charge in [0.1, 0.15) is 12.9 Å². The van der Waals surface area contributed by atoms with Gasteiger partial charge < -0.3 is 14.4 Å². The van der Waals surface area contributed by atoms with Crippen molar-refractivity contribution in [3.05, 3.63) is 16.8 Å². The standard InChI is InChI=1S/C12H20N4O4/c1-14-8-13-16(12(14)18)6-11(17)15-5-10(20-3)4-9(15)7-19-2/h8-10H,4-7H2,1-3H3/t9-,10-/m0/s1.